The minimum Gasteiger partial charge on any atom is -0.465 e. The van der Waals surface area contributed by atoms with Crippen molar-refractivity contribution in [3.05, 3.63) is 0 Å². The van der Waals surface area contributed by atoms with E-state index in [0.717, 1.165) is 32.6 Å². The summed E-state index contributed by atoms with van der Waals surface area (Å²) < 4.78 is 5.21. The van der Waals surface area contributed by atoms with Crippen LogP contribution >= 0.6 is 0 Å². The Balaban J connectivity index is 4.53. The van der Waals surface area contributed by atoms with E-state index in [1.807, 2.05) is 20.8 Å². The lowest BCUT2D eigenvalue weighted by Crippen LogP contribution is -2.52. The molecule has 0 bridgehead atoms. The molecule has 0 aromatic heterocycles. The highest BCUT2D eigenvalue weighted by Gasteiger charge is 2.33. The average Bonchev–Trinajstić information content (AvgIpc) is 2.43. The molecule has 0 aromatic carbocycles. The molecule has 0 radical (unpaired) electrons. The molecule has 2 unspecified atom stereocenters. The van der Waals surface area contributed by atoms with Crippen molar-refractivity contribution >= 4 is 5.97 Å². The monoisotopic (exact) mass is 286 g/mol. The van der Waals surface area contributed by atoms with Gasteiger partial charge in [-0.15, -0.1) is 0 Å². The van der Waals surface area contributed by atoms with Crippen molar-refractivity contribution < 1.29 is 9.53 Å². The Morgan fingerprint density at radius 3 is 2.40 bits per heavy atom. The third kappa shape index (κ3) is 6.71. The van der Waals surface area contributed by atoms with Crippen LogP contribution in [0, 0.1) is 5.92 Å². The van der Waals surface area contributed by atoms with Crippen LogP contribution in [0.5, 0.6) is 0 Å². The molecule has 0 spiro atoms. The zero-order valence-corrected chi connectivity index (χ0v) is 14.3. The number of carbonyl (C=O) groups excluding carboxylic acids is 1. The number of nitrogens with zero attached hydrogens (tertiary/aromatic N) is 1. The lowest BCUT2D eigenvalue weighted by Gasteiger charge is -2.31. The molecule has 0 aliphatic rings. The molecule has 4 heteroatoms. The predicted molar refractivity (Wildman–Crippen MR) is 84.9 cm³/mol. The fourth-order valence-electron chi connectivity index (χ4n) is 2.27. The van der Waals surface area contributed by atoms with Crippen molar-refractivity contribution in [1.82, 2.24) is 10.2 Å². The lowest BCUT2D eigenvalue weighted by atomic mass is 9.97. The summed E-state index contributed by atoms with van der Waals surface area (Å²) in [5.41, 5.74) is -0.576. The van der Waals surface area contributed by atoms with Crippen LogP contribution in [-0.2, 0) is 9.53 Å². The summed E-state index contributed by atoms with van der Waals surface area (Å²) in [6, 6.07) is 0. The second-order valence-corrected chi connectivity index (χ2v) is 5.74. The zero-order chi connectivity index (χ0) is 15.6. The largest absolute Gasteiger partial charge is 0.465 e. The van der Waals surface area contributed by atoms with Crippen molar-refractivity contribution in [2.45, 2.75) is 59.9 Å². The van der Waals surface area contributed by atoms with E-state index in [9.17, 15) is 4.79 Å². The lowest BCUT2D eigenvalue weighted by molar-refractivity contribution is -0.151. The van der Waals surface area contributed by atoms with Gasteiger partial charge in [-0.25, -0.2) is 0 Å². The molecule has 20 heavy (non-hydrogen) atoms. The maximum absolute atomic E-state index is 12.1. The van der Waals surface area contributed by atoms with E-state index in [2.05, 4.69) is 31.0 Å². The normalized spacial score (nSPS) is 15.9. The van der Waals surface area contributed by atoms with Gasteiger partial charge in [-0.2, -0.15) is 0 Å². The van der Waals surface area contributed by atoms with Gasteiger partial charge in [0.15, 0.2) is 0 Å². The Morgan fingerprint density at radius 1 is 1.30 bits per heavy atom. The Morgan fingerprint density at radius 2 is 1.95 bits per heavy atom. The molecule has 120 valence electrons. The Hall–Kier alpha value is -0.610. The first-order chi connectivity index (χ1) is 9.43. The van der Waals surface area contributed by atoms with Crippen molar-refractivity contribution in [1.29, 1.82) is 0 Å². The van der Waals surface area contributed by atoms with Gasteiger partial charge in [0.1, 0.15) is 5.54 Å². The van der Waals surface area contributed by atoms with Crippen molar-refractivity contribution in [2.24, 2.45) is 5.92 Å². The summed E-state index contributed by atoms with van der Waals surface area (Å²) in [6.07, 6.45) is 1.98. The van der Waals surface area contributed by atoms with Crippen LogP contribution in [0.1, 0.15) is 54.4 Å². The first-order valence-electron chi connectivity index (χ1n) is 8.07. The van der Waals surface area contributed by atoms with E-state index < -0.39 is 5.54 Å². The summed E-state index contributed by atoms with van der Waals surface area (Å²) in [5, 5.41) is 3.29. The fourth-order valence-corrected chi connectivity index (χ4v) is 2.27. The van der Waals surface area contributed by atoms with Crippen LogP contribution < -0.4 is 5.32 Å². The number of nitrogens with one attached hydrogen (secondary N) is 1. The predicted octanol–water partition coefficient (Wildman–Crippen LogP) is 2.68. The molecule has 0 amide bonds. The number of hydrogen-bond donors (Lipinski definition) is 1. The number of carbonyl (C=O) groups is 1. The van der Waals surface area contributed by atoms with E-state index >= 15 is 0 Å². The molecule has 0 rings (SSSR count). The van der Waals surface area contributed by atoms with Crippen LogP contribution in [0.4, 0.5) is 0 Å². The summed E-state index contributed by atoms with van der Waals surface area (Å²) in [6.45, 7) is 16.7. The molecule has 0 saturated carbocycles. The average molecular weight is 286 g/mol. The quantitative estimate of drug-likeness (QED) is 0.593. The molecule has 0 aromatic rings. The third-order valence-electron chi connectivity index (χ3n) is 3.93. The van der Waals surface area contributed by atoms with E-state index in [1.54, 1.807) is 0 Å². The highest BCUT2D eigenvalue weighted by molar-refractivity contribution is 5.80. The molecular weight excluding hydrogens is 252 g/mol. The van der Waals surface area contributed by atoms with Gasteiger partial charge in [0.05, 0.1) is 6.61 Å². The Kier molecular flexibility index (Phi) is 9.86. The summed E-state index contributed by atoms with van der Waals surface area (Å²) in [7, 11) is 0. The number of likely N-dealkylation sites (N-methyl/N-ethyl adjacent to an activating group) is 1. The minimum atomic E-state index is -0.576. The van der Waals surface area contributed by atoms with Crippen LogP contribution in [-0.4, -0.2) is 49.2 Å². The van der Waals surface area contributed by atoms with Gasteiger partial charge < -0.3 is 15.0 Å². The molecule has 0 aliphatic heterocycles. The molecule has 0 heterocycles. The first kappa shape index (κ1) is 19.4. The van der Waals surface area contributed by atoms with E-state index in [0.29, 0.717) is 12.5 Å². The molecular formula is C16H34N2O2. The molecule has 2 atom stereocenters. The van der Waals surface area contributed by atoms with Crippen molar-refractivity contribution in [3.8, 4) is 0 Å². The Bertz CT molecular complexity index is 271. The van der Waals surface area contributed by atoms with Crippen LogP contribution in [0.25, 0.3) is 0 Å². The summed E-state index contributed by atoms with van der Waals surface area (Å²) in [5.74, 6) is 0.560. The summed E-state index contributed by atoms with van der Waals surface area (Å²) >= 11 is 0. The minimum absolute atomic E-state index is 0.138. The van der Waals surface area contributed by atoms with E-state index in [4.69, 9.17) is 4.74 Å². The number of hydrogen-bond acceptors (Lipinski definition) is 4. The standard InChI is InChI=1S/C16H34N2O2/c1-7-14(5)13-18(9-3)12-11-16(6,17-8-2)15(19)20-10-4/h14,17H,7-13H2,1-6H3. The van der Waals surface area contributed by atoms with Gasteiger partial charge in [0.2, 0.25) is 0 Å². The van der Waals surface area contributed by atoms with Gasteiger partial charge in [-0.3, -0.25) is 4.79 Å². The van der Waals surface area contributed by atoms with Crippen LogP contribution in [0.3, 0.4) is 0 Å². The van der Waals surface area contributed by atoms with Gasteiger partial charge in [0.25, 0.3) is 0 Å². The summed E-state index contributed by atoms with van der Waals surface area (Å²) in [4.78, 5) is 14.6. The first-order valence-corrected chi connectivity index (χ1v) is 8.07. The maximum Gasteiger partial charge on any atom is 0.326 e. The smallest absolute Gasteiger partial charge is 0.326 e. The SMILES string of the molecule is CCNC(C)(CCN(CC)CC(C)CC)C(=O)OCC. The number of rotatable bonds is 11. The van der Waals surface area contributed by atoms with Gasteiger partial charge >= 0.3 is 5.97 Å². The highest BCUT2D eigenvalue weighted by atomic mass is 16.5. The molecule has 0 aliphatic carbocycles. The zero-order valence-electron chi connectivity index (χ0n) is 14.3. The Labute approximate surface area is 125 Å². The van der Waals surface area contributed by atoms with Crippen molar-refractivity contribution in [2.75, 3.05) is 32.8 Å². The van der Waals surface area contributed by atoms with Crippen LogP contribution in [0.15, 0.2) is 0 Å². The molecule has 1 N–H and O–H groups in total. The fraction of sp³-hybridized carbons (Fsp3) is 0.938. The van der Waals surface area contributed by atoms with Gasteiger partial charge in [-0.1, -0.05) is 34.1 Å². The van der Waals surface area contributed by atoms with E-state index in [1.165, 1.54) is 6.42 Å². The second-order valence-electron chi connectivity index (χ2n) is 5.74. The number of ether oxygens (including phenoxy) is 1. The third-order valence-corrected chi connectivity index (χ3v) is 3.93. The molecule has 0 saturated heterocycles. The van der Waals surface area contributed by atoms with Crippen molar-refractivity contribution in [3.63, 3.8) is 0 Å². The van der Waals surface area contributed by atoms with Gasteiger partial charge in [0, 0.05) is 13.1 Å². The highest BCUT2D eigenvalue weighted by Crippen LogP contribution is 2.14. The maximum atomic E-state index is 12.1. The number of esters is 1. The van der Waals surface area contributed by atoms with Crippen LogP contribution in [0.2, 0.25) is 0 Å². The second kappa shape index (κ2) is 10.2. The molecule has 4 nitrogen and oxygen atoms in total. The van der Waals surface area contributed by atoms with E-state index in [-0.39, 0.29) is 5.97 Å². The topological polar surface area (TPSA) is 41.6 Å². The van der Waals surface area contributed by atoms with Gasteiger partial charge in [-0.05, 0) is 39.3 Å². The molecule has 0 fully saturated rings.